The number of carbonyl (C=O) groups excluding carboxylic acids is 2. The normalized spacial score (nSPS) is 15.9. The van der Waals surface area contributed by atoms with Crippen LogP contribution in [0.2, 0.25) is 5.02 Å². The van der Waals surface area contributed by atoms with Gasteiger partial charge in [0.2, 0.25) is 0 Å². The summed E-state index contributed by atoms with van der Waals surface area (Å²) in [5, 5.41) is 0.715. The molecule has 0 aliphatic carbocycles. The van der Waals surface area contributed by atoms with Crippen molar-refractivity contribution in [2.75, 3.05) is 36.0 Å². The Morgan fingerprint density at radius 1 is 0.857 bits per heavy atom. The number of halogens is 1. The van der Waals surface area contributed by atoms with Gasteiger partial charge in [-0.15, -0.1) is 0 Å². The molecule has 0 unspecified atom stereocenters. The third kappa shape index (κ3) is 5.76. The Hall–Kier alpha value is -4.55. The Labute approximate surface area is 251 Å². The lowest BCUT2D eigenvalue weighted by atomic mass is 10.1. The monoisotopic (exact) mass is 577 g/mol. The minimum absolute atomic E-state index is 0.000128. The van der Waals surface area contributed by atoms with Gasteiger partial charge in [-0.1, -0.05) is 71.8 Å². The van der Waals surface area contributed by atoms with Crippen LogP contribution in [0.3, 0.4) is 0 Å². The Kier molecular flexibility index (Phi) is 7.72. The second-order valence-electron chi connectivity index (χ2n) is 10.8. The maximum Gasteiger partial charge on any atom is 0.294 e. The first-order valence-corrected chi connectivity index (χ1v) is 14.5. The molecule has 4 aromatic rings. The van der Waals surface area contributed by atoms with Crippen LogP contribution >= 0.6 is 11.6 Å². The molecule has 7 heteroatoms. The molecule has 1 fully saturated rings. The first kappa shape index (κ1) is 27.6. The van der Waals surface area contributed by atoms with Gasteiger partial charge in [0.1, 0.15) is 0 Å². The van der Waals surface area contributed by atoms with E-state index in [9.17, 15) is 9.59 Å². The molecule has 6 rings (SSSR count). The number of fused-ring (bicyclic) bond motifs is 1. The number of piperazine rings is 1. The number of rotatable bonds is 5. The summed E-state index contributed by atoms with van der Waals surface area (Å²) < 4.78 is 6.05. The van der Waals surface area contributed by atoms with Crippen LogP contribution in [0.4, 0.5) is 11.4 Å². The van der Waals surface area contributed by atoms with Crippen LogP contribution in [-0.4, -0.2) is 42.9 Å². The highest BCUT2D eigenvalue weighted by atomic mass is 35.5. The van der Waals surface area contributed by atoms with E-state index in [-0.39, 0.29) is 17.6 Å². The Bertz CT molecular complexity index is 1660. The summed E-state index contributed by atoms with van der Waals surface area (Å²) in [5.41, 5.74) is 6.64. The molecule has 0 saturated carbocycles. The Morgan fingerprint density at radius 2 is 1.57 bits per heavy atom. The highest BCUT2D eigenvalue weighted by Crippen LogP contribution is 2.36. The van der Waals surface area contributed by atoms with E-state index in [2.05, 4.69) is 11.8 Å². The number of amides is 2. The molecular formula is C35H32ClN3O3. The lowest BCUT2D eigenvalue weighted by molar-refractivity contribution is -0.117. The van der Waals surface area contributed by atoms with Crippen LogP contribution in [0.5, 0.6) is 5.75 Å². The number of nitrogens with zero attached hydrogens (tertiary/aromatic N) is 3. The van der Waals surface area contributed by atoms with E-state index in [0.29, 0.717) is 36.0 Å². The summed E-state index contributed by atoms with van der Waals surface area (Å²) in [6, 6.07) is 29.0. The number of hydrogen-bond acceptors (Lipinski definition) is 4. The average Bonchev–Trinajstić information content (AvgIpc) is 3.01. The fourth-order valence-corrected chi connectivity index (χ4v) is 5.59. The van der Waals surface area contributed by atoms with E-state index in [1.165, 1.54) is 11.1 Å². The van der Waals surface area contributed by atoms with Crippen LogP contribution in [0.25, 0.3) is 6.08 Å². The summed E-state index contributed by atoms with van der Waals surface area (Å²) in [6.07, 6.45) is 1.74. The van der Waals surface area contributed by atoms with Crippen molar-refractivity contribution in [1.82, 2.24) is 4.90 Å². The van der Waals surface area contributed by atoms with Gasteiger partial charge in [0, 0.05) is 42.5 Å². The maximum absolute atomic E-state index is 13.6. The summed E-state index contributed by atoms with van der Waals surface area (Å²) in [5.74, 6) is 0.670. The van der Waals surface area contributed by atoms with Crippen molar-refractivity contribution in [3.8, 4) is 5.75 Å². The number of carbonyl (C=O) groups is 2. The van der Waals surface area contributed by atoms with E-state index in [1.54, 1.807) is 11.0 Å². The topological polar surface area (TPSA) is 53.1 Å². The molecule has 0 radical (unpaired) electrons. The van der Waals surface area contributed by atoms with Gasteiger partial charge in [0.15, 0.2) is 11.5 Å². The van der Waals surface area contributed by atoms with E-state index in [4.69, 9.17) is 16.3 Å². The van der Waals surface area contributed by atoms with Crippen molar-refractivity contribution >= 4 is 40.9 Å². The zero-order chi connectivity index (χ0) is 29.2. The van der Waals surface area contributed by atoms with Gasteiger partial charge in [0.25, 0.3) is 11.8 Å². The van der Waals surface area contributed by atoms with Crippen molar-refractivity contribution in [2.45, 2.75) is 20.4 Å². The molecular weight excluding hydrogens is 546 g/mol. The molecule has 2 aliphatic rings. The fraction of sp³-hybridized carbons (Fsp3) is 0.200. The van der Waals surface area contributed by atoms with Crippen molar-refractivity contribution in [1.29, 1.82) is 0 Å². The molecule has 2 amide bonds. The molecule has 0 spiro atoms. The predicted molar refractivity (Wildman–Crippen MR) is 168 cm³/mol. The number of benzene rings is 4. The second-order valence-corrected chi connectivity index (χ2v) is 11.2. The molecule has 0 bridgehead atoms. The van der Waals surface area contributed by atoms with Gasteiger partial charge in [0.05, 0.1) is 12.2 Å². The van der Waals surface area contributed by atoms with Crippen LogP contribution in [0.15, 0.2) is 96.8 Å². The lowest BCUT2D eigenvalue weighted by Gasteiger charge is -2.37. The first-order valence-electron chi connectivity index (χ1n) is 14.1. The molecule has 6 nitrogen and oxygen atoms in total. The lowest BCUT2D eigenvalue weighted by Crippen LogP contribution is -2.49. The largest absolute Gasteiger partial charge is 0.449 e. The zero-order valence-electron chi connectivity index (χ0n) is 23.7. The summed E-state index contributed by atoms with van der Waals surface area (Å²) in [7, 11) is 0. The number of para-hydroxylation sites is 2. The summed E-state index contributed by atoms with van der Waals surface area (Å²) in [4.78, 5) is 32.8. The van der Waals surface area contributed by atoms with Crippen LogP contribution < -0.4 is 14.5 Å². The van der Waals surface area contributed by atoms with Crippen molar-refractivity contribution in [2.24, 2.45) is 0 Å². The van der Waals surface area contributed by atoms with Crippen molar-refractivity contribution in [3.63, 3.8) is 0 Å². The smallest absolute Gasteiger partial charge is 0.294 e. The molecule has 0 aromatic heterocycles. The van der Waals surface area contributed by atoms with E-state index in [0.717, 1.165) is 35.6 Å². The molecule has 2 aliphatic heterocycles. The predicted octanol–water partition coefficient (Wildman–Crippen LogP) is 6.89. The minimum Gasteiger partial charge on any atom is -0.449 e. The minimum atomic E-state index is -0.206. The highest BCUT2D eigenvalue weighted by Gasteiger charge is 2.30. The van der Waals surface area contributed by atoms with Gasteiger partial charge < -0.3 is 14.5 Å². The highest BCUT2D eigenvalue weighted by molar-refractivity contribution is 6.30. The molecule has 0 N–H and O–H groups in total. The maximum atomic E-state index is 13.6. The average molecular weight is 578 g/mol. The summed E-state index contributed by atoms with van der Waals surface area (Å²) in [6.45, 7) is 7.32. The quantitative estimate of drug-likeness (QED) is 0.243. The second kappa shape index (κ2) is 11.7. The Balaban J connectivity index is 1.15. The van der Waals surface area contributed by atoms with E-state index < -0.39 is 0 Å². The van der Waals surface area contributed by atoms with Gasteiger partial charge in [-0.3, -0.25) is 14.5 Å². The van der Waals surface area contributed by atoms with Crippen LogP contribution in [-0.2, 0) is 11.3 Å². The number of aryl methyl sites for hydroxylation is 2. The Morgan fingerprint density at radius 3 is 2.31 bits per heavy atom. The van der Waals surface area contributed by atoms with E-state index in [1.807, 2.05) is 103 Å². The van der Waals surface area contributed by atoms with Gasteiger partial charge >= 0.3 is 0 Å². The SMILES string of the molecule is Cc1ccc(CN2C(=O)C(=Cc3ccc(C(=O)N4CCN(c5cc(Cl)ccc5C)CC4)cc3)Oc3ccccc32)cc1. The third-order valence-corrected chi connectivity index (χ3v) is 8.06. The first-order chi connectivity index (χ1) is 20.4. The van der Waals surface area contributed by atoms with Crippen molar-refractivity contribution in [3.05, 3.63) is 130 Å². The molecule has 2 heterocycles. The van der Waals surface area contributed by atoms with Crippen molar-refractivity contribution < 1.29 is 14.3 Å². The number of ether oxygens (including phenoxy) is 1. The zero-order valence-corrected chi connectivity index (χ0v) is 24.5. The standard InChI is InChI=1S/C35H32ClN3O3/c1-24-7-10-27(11-8-24)23-39-30-5-3-4-6-32(30)42-33(35(39)41)21-26-12-14-28(15-13-26)34(40)38-19-17-37(18-20-38)31-22-29(36)16-9-25(31)2/h3-16,21-22H,17-20,23H2,1-2H3. The molecule has 212 valence electrons. The van der Waals surface area contributed by atoms with Gasteiger partial charge in [-0.05, 0) is 73.0 Å². The fourth-order valence-electron chi connectivity index (χ4n) is 5.42. The molecule has 1 saturated heterocycles. The molecule has 4 aromatic carbocycles. The molecule has 42 heavy (non-hydrogen) atoms. The van der Waals surface area contributed by atoms with Gasteiger partial charge in [-0.2, -0.15) is 0 Å². The number of anilines is 2. The number of hydrogen-bond donors (Lipinski definition) is 0. The van der Waals surface area contributed by atoms with Crippen LogP contribution in [0, 0.1) is 13.8 Å². The third-order valence-electron chi connectivity index (χ3n) is 7.83. The van der Waals surface area contributed by atoms with Gasteiger partial charge in [-0.25, -0.2) is 0 Å². The summed E-state index contributed by atoms with van der Waals surface area (Å²) >= 11 is 6.22. The van der Waals surface area contributed by atoms with Crippen LogP contribution in [0.1, 0.15) is 32.6 Å². The molecule has 0 atom stereocenters. The van der Waals surface area contributed by atoms with E-state index >= 15 is 0 Å².